The van der Waals surface area contributed by atoms with E-state index in [0.29, 0.717) is 57.8 Å². The second-order valence-corrected chi connectivity index (χ2v) is 11.7. The molecule has 210 valence electrons. The Hall–Kier alpha value is -2.91. The molecule has 0 amide bonds. The Balaban J connectivity index is 1.71. The summed E-state index contributed by atoms with van der Waals surface area (Å²) in [6.07, 6.45) is 0.114. The smallest absolute Gasteiger partial charge is 0.337 e. The van der Waals surface area contributed by atoms with Crippen LogP contribution >= 0.6 is 23.2 Å². The van der Waals surface area contributed by atoms with Gasteiger partial charge in [-0.1, -0.05) is 50.0 Å². The van der Waals surface area contributed by atoms with E-state index in [1.165, 1.54) is 6.07 Å². The third kappa shape index (κ3) is 6.14. The minimum absolute atomic E-state index is 0.00148. The second kappa shape index (κ2) is 10.9. The van der Waals surface area contributed by atoms with Crippen molar-refractivity contribution in [2.24, 2.45) is 5.41 Å². The number of rotatable bonds is 8. The number of nitrogens with zero attached hydrogens (tertiary/aromatic N) is 3. The largest absolute Gasteiger partial charge is 0.478 e. The lowest BCUT2D eigenvalue weighted by Crippen LogP contribution is -2.40. The predicted octanol–water partition coefficient (Wildman–Crippen LogP) is 7.59. The van der Waals surface area contributed by atoms with Crippen LogP contribution in [-0.4, -0.2) is 45.4 Å². The van der Waals surface area contributed by atoms with Crippen LogP contribution in [-0.2, 0) is 17.8 Å². The topological polar surface area (TPSA) is 87.5 Å². The first-order chi connectivity index (χ1) is 18.2. The van der Waals surface area contributed by atoms with Crippen LogP contribution in [0.15, 0.2) is 24.3 Å². The number of benzene rings is 2. The molecule has 0 atom stereocenters. The fourth-order valence-electron chi connectivity index (χ4n) is 4.72. The number of ketones is 1. The van der Waals surface area contributed by atoms with Gasteiger partial charge in [-0.25, -0.2) is 18.6 Å². The van der Waals surface area contributed by atoms with E-state index in [-0.39, 0.29) is 37.3 Å². The molecule has 1 aromatic heterocycles. The Kier molecular flexibility index (Phi) is 8.15. The van der Waals surface area contributed by atoms with Gasteiger partial charge in [0, 0.05) is 44.3 Å². The van der Waals surface area contributed by atoms with Crippen LogP contribution in [0.4, 0.5) is 26.1 Å². The third-order valence-electron chi connectivity index (χ3n) is 7.11. The van der Waals surface area contributed by atoms with Crippen molar-refractivity contribution in [3.63, 3.8) is 0 Å². The van der Waals surface area contributed by atoms with E-state index in [1.54, 1.807) is 23.1 Å². The molecule has 2 heterocycles. The molecule has 11 heteroatoms. The standard InChI is InChI=1S/C28H32Cl2F2N4O3/c1-5-36-21-15-20(35-12-10-28(31,32)11-13-35)17(25(38)39)14-19(21)33-26(36)34-24-18(29)8-6-16(23(24)30)7-9-22(37)27(2,3)4/h6,8,14-15H,5,7,9-13H2,1-4H3,(H,33,34)(H,38,39). The lowest BCUT2D eigenvalue weighted by atomic mass is 9.87. The van der Waals surface area contributed by atoms with Gasteiger partial charge in [-0.15, -0.1) is 0 Å². The van der Waals surface area contributed by atoms with Crippen LogP contribution in [0.2, 0.25) is 10.0 Å². The monoisotopic (exact) mass is 580 g/mol. The highest BCUT2D eigenvalue weighted by Gasteiger charge is 2.35. The number of fused-ring (bicyclic) bond motifs is 1. The number of alkyl halides is 2. The summed E-state index contributed by atoms with van der Waals surface area (Å²) in [4.78, 5) is 30.9. The molecule has 39 heavy (non-hydrogen) atoms. The number of Topliss-reactive ketones (excluding diaryl/α,β-unsaturated/α-hetero) is 1. The number of anilines is 3. The second-order valence-electron chi connectivity index (χ2n) is 10.9. The van der Waals surface area contributed by atoms with Crippen LogP contribution in [0.25, 0.3) is 11.0 Å². The van der Waals surface area contributed by atoms with Crippen LogP contribution in [0, 0.1) is 5.41 Å². The molecule has 3 aromatic rings. The minimum atomic E-state index is -2.75. The first-order valence-corrected chi connectivity index (χ1v) is 13.6. The Morgan fingerprint density at radius 3 is 2.41 bits per heavy atom. The molecule has 1 aliphatic rings. The highest BCUT2D eigenvalue weighted by molar-refractivity contribution is 6.39. The molecule has 0 unspecified atom stereocenters. The van der Waals surface area contributed by atoms with Crippen molar-refractivity contribution in [3.05, 3.63) is 45.4 Å². The number of aromatic nitrogens is 2. The number of carbonyl (C=O) groups excluding carboxylic acids is 1. The zero-order valence-corrected chi connectivity index (χ0v) is 23.9. The van der Waals surface area contributed by atoms with E-state index in [1.807, 2.05) is 32.3 Å². The zero-order valence-electron chi connectivity index (χ0n) is 22.4. The van der Waals surface area contributed by atoms with E-state index in [4.69, 9.17) is 23.2 Å². The summed E-state index contributed by atoms with van der Waals surface area (Å²) in [5.41, 5.74) is 2.21. The van der Waals surface area contributed by atoms with Gasteiger partial charge >= 0.3 is 5.97 Å². The molecule has 1 aliphatic heterocycles. The molecular formula is C28H32Cl2F2N4O3. The number of nitrogens with one attached hydrogen (secondary N) is 1. The van der Waals surface area contributed by atoms with E-state index in [0.717, 1.165) is 5.56 Å². The number of aromatic carboxylic acids is 1. The average molecular weight is 581 g/mol. The van der Waals surface area contributed by atoms with Gasteiger partial charge in [0.2, 0.25) is 5.95 Å². The average Bonchev–Trinajstić information content (AvgIpc) is 3.20. The van der Waals surface area contributed by atoms with Gasteiger partial charge < -0.3 is 19.9 Å². The highest BCUT2D eigenvalue weighted by atomic mass is 35.5. The minimum Gasteiger partial charge on any atom is -0.478 e. The fourth-order valence-corrected chi connectivity index (χ4v) is 5.28. The summed E-state index contributed by atoms with van der Waals surface area (Å²) < 4.78 is 29.4. The van der Waals surface area contributed by atoms with Crippen molar-refractivity contribution in [1.82, 2.24) is 9.55 Å². The van der Waals surface area contributed by atoms with E-state index in [2.05, 4.69) is 10.3 Å². The Morgan fingerprint density at radius 1 is 1.15 bits per heavy atom. The lowest BCUT2D eigenvalue weighted by Gasteiger charge is -2.34. The maximum atomic E-state index is 13.8. The first-order valence-electron chi connectivity index (χ1n) is 12.9. The number of piperidine rings is 1. The quantitative estimate of drug-likeness (QED) is 0.285. The zero-order chi connectivity index (χ0) is 28.7. The van der Waals surface area contributed by atoms with Crippen molar-refractivity contribution >= 4 is 63.3 Å². The molecule has 2 N–H and O–H groups in total. The van der Waals surface area contributed by atoms with Crippen molar-refractivity contribution in [2.45, 2.75) is 65.8 Å². The molecule has 4 rings (SSSR count). The van der Waals surface area contributed by atoms with Crippen LogP contribution in [0.3, 0.4) is 0 Å². The number of aryl methyl sites for hydroxylation is 2. The summed E-state index contributed by atoms with van der Waals surface area (Å²) >= 11 is 13.2. The Morgan fingerprint density at radius 2 is 1.82 bits per heavy atom. The van der Waals surface area contributed by atoms with Gasteiger partial charge in [-0.3, -0.25) is 4.79 Å². The van der Waals surface area contributed by atoms with Crippen molar-refractivity contribution in [2.75, 3.05) is 23.3 Å². The molecule has 0 radical (unpaired) electrons. The first kappa shape index (κ1) is 29.1. The van der Waals surface area contributed by atoms with Gasteiger partial charge in [0.15, 0.2) is 0 Å². The van der Waals surface area contributed by atoms with E-state index < -0.39 is 17.3 Å². The number of hydrogen-bond acceptors (Lipinski definition) is 5. The molecule has 1 saturated heterocycles. The van der Waals surface area contributed by atoms with E-state index in [9.17, 15) is 23.5 Å². The number of carbonyl (C=O) groups is 2. The third-order valence-corrected chi connectivity index (χ3v) is 7.86. The fraction of sp³-hybridized carbons (Fsp3) is 0.464. The molecule has 0 saturated carbocycles. The van der Waals surface area contributed by atoms with Crippen molar-refractivity contribution in [3.8, 4) is 0 Å². The summed E-state index contributed by atoms with van der Waals surface area (Å²) in [6, 6.07) is 6.66. The number of imidazole rings is 1. The van der Waals surface area contributed by atoms with Crippen molar-refractivity contribution in [1.29, 1.82) is 0 Å². The number of hydrogen-bond donors (Lipinski definition) is 2. The maximum Gasteiger partial charge on any atom is 0.337 e. The Bertz CT molecular complexity index is 1420. The number of carboxylic acids is 1. The summed E-state index contributed by atoms with van der Waals surface area (Å²) in [7, 11) is 0. The molecular weight excluding hydrogens is 549 g/mol. The van der Waals surface area contributed by atoms with Gasteiger partial charge in [-0.05, 0) is 37.1 Å². The van der Waals surface area contributed by atoms with E-state index >= 15 is 0 Å². The summed E-state index contributed by atoms with van der Waals surface area (Å²) in [5, 5.41) is 13.8. The van der Waals surface area contributed by atoms with Gasteiger partial charge in [0.05, 0.1) is 38.0 Å². The van der Waals surface area contributed by atoms with Crippen LogP contribution in [0.5, 0.6) is 0 Å². The maximum absolute atomic E-state index is 13.8. The van der Waals surface area contributed by atoms with Gasteiger partial charge in [-0.2, -0.15) is 0 Å². The number of halogens is 4. The molecule has 7 nitrogen and oxygen atoms in total. The van der Waals surface area contributed by atoms with Crippen LogP contribution < -0.4 is 10.2 Å². The normalized spacial score (nSPS) is 15.5. The number of carboxylic acid groups (broad SMARTS) is 1. The van der Waals surface area contributed by atoms with Gasteiger partial charge in [0.1, 0.15) is 5.78 Å². The molecule has 0 bridgehead atoms. The van der Waals surface area contributed by atoms with Crippen molar-refractivity contribution < 1.29 is 23.5 Å². The van der Waals surface area contributed by atoms with Crippen LogP contribution in [0.1, 0.15) is 62.9 Å². The SMILES string of the molecule is CCn1c(Nc2c(Cl)ccc(CCC(=O)C(C)(C)C)c2Cl)nc2cc(C(=O)O)c(N3CCC(F)(F)CC3)cc21. The molecule has 1 fully saturated rings. The van der Waals surface area contributed by atoms with Gasteiger partial charge in [0.25, 0.3) is 5.92 Å². The summed E-state index contributed by atoms with van der Waals surface area (Å²) in [6.45, 7) is 8.14. The lowest BCUT2D eigenvalue weighted by molar-refractivity contribution is -0.126. The molecule has 2 aromatic carbocycles. The Labute approximate surface area is 236 Å². The molecule has 0 spiro atoms. The predicted molar refractivity (Wildman–Crippen MR) is 151 cm³/mol. The molecule has 0 aliphatic carbocycles. The highest BCUT2D eigenvalue weighted by Crippen LogP contribution is 2.39. The summed E-state index contributed by atoms with van der Waals surface area (Å²) in [5.74, 6) is -3.39.